The van der Waals surface area contributed by atoms with Crippen molar-refractivity contribution in [3.05, 3.63) is 53.9 Å². The molecule has 1 heterocycles. The molecule has 0 amide bonds. The van der Waals surface area contributed by atoms with Crippen LogP contribution in [0, 0.1) is 11.6 Å². The molecule has 0 saturated carbocycles. The molecule has 112 valence electrons. The number of nitrogens with zero attached hydrogens (tertiary/aromatic N) is 1. The van der Waals surface area contributed by atoms with Crippen LogP contribution in [0.15, 0.2) is 41.6 Å². The van der Waals surface area contributed by atoms with Crippen LogP contribution < -0.4 is 9.88 Å². The smallest absolute Gasteiger partial charge is 0.241 e. The van der Waals surface area contributed by atoms with Gasteiger partial charge in [-0.2, -0.15) is 0 Å². The van der Waals surface area contributed by atoms with Gasteiger partial charge in [-0.1, -0.05) is 6.07 Å². The van der Waals surface area contributed by atoms with Crippen LogP contribution in [0.5, 0.6) is 5.75 Å². The maximum Gasteiger partial charge on any atom is 0.241 e. The third-order valence-electron chi connectivity index (χ3n) is 2.64. The number of ether oxygens (including phenoxy) is 1. The summed E-state index contributed by atoms with van der Waals surface area (Å²) in [6.45, 7) is -0.00321. The molecule has 0 aliphatic carbocycles. The first kappa shape index (κ1) is 15.3. The number of nitrogens with two attached hydrogens (primary N) is 1. The number of hydrogen-bond acceptors (Lipinski definition) is 4. The molecule has 2 rings (SSSR count). The lowest BCUT2D eigenvalue weighted by Gasteiger charge is -2.11. The molecule has 0 atom stereocenters. The van der Waals surface area contributed by atoms with Crippen molar-refractivity contribution in [2.45, 2.75) is 11.3 Å². The lowest BCUT2D eigenvalue weighted by atomic mass is 10.2. The summed E-state index contributed by atoms with van der Waals surface area (Å²) < 4.78 is 54.6. The summed E-state index contributed by atoms with van der Waals surface area (Å²) in [5, 5.41) is 4.93. The lowest BCUT2D eigenvalue weighted by molar-refractivity contribution is 0.295. The Morgan fingerprint density at radius 2 is 2.05 bits per heavy atom. The van der Waals surface area contributed by atoms with Gasteiger partial charge in [0.05, 0.1) is 6.61 Å². The first-order chi connectivity index (χ1) is 9.88. The van der Waals surface area contributed by atoms with Crippen molar-refractivity contribution in [1.29, 1.82) is 0 Å². The standard InChI is InChI=1S/C13H12F2N2O3S/c14-10-6-11(15)13(12(7-10)21(16,18)19)20-5-3-9-2-1-4-17-8-9/h1-2,4,6-8H,3,5H2,(H2,16,18,19). The minimum Gasteiger partial charge on any atom is -0.489 e. The Bertz CT molecular complexity index is 737. The summed E-state index contributed by atoms with van der Waals surface area (Å²) in [6, 6.07) is 4.67. The van der Waals surface area contributed by atoms with Gasteiger partial charge in [0.1, 0.15) is 10.7 Å². The van der Waals surface area contributed by atoms with E-state index in [4.69, 9.17) is 9.88 Å². The Morgan fingerprint density at radius 3 is 2.67 bits per heavy atom. The van der Waals surface area contributed by atoms with Crippen molar-refractivity contribution in [2.75, 3.05) is 6.61 Å². The molecule has 1 aromatic carbocycles. The zero-order valence-corrected chi connectivity index (χ0v) is 11.6. The van der Waals surface area contributed by atoms with Gasteiger partial charge in [-0.15, -0.1) is 0 Å². The van der Waals surface area contributed by atoms with Gasteiger partial charge in [-0.05, 0) is 17.7 Å². The number of hydrogen-bond donors (Lipinski definition) is 1. The quantitative estimate of drug-likeness (QED) is 0.909. The Balaban J connectivity index is 2.20. The van der Waals surface area contributed by atoms with Crippen molar-refractivity contribution < 1.29 is 21.9 Å². The molecule has 0 fully saturated rings. The van der Waals surface area contributed by atoms with Gasteiger partial charge in [0, 0.05) is 24.9 Å². The molecule has 0 unspecified atom stereocenters. The normalized spacial score (nSPS) is 11.4. The molecular weight excluding hydrogens is 302 g/mol. The van der Waals surface area contributed by atoms with Crippen LogP contribution in [0.3, 0.4) is 0 Å². The van der Waals surface area contributed by atoms with E-state index in [1.165, 1.54) is 0 Å². The summed E-state index contributed by atoms with van der Waals surface area (Å²) in [7, 11) is -4.29. The minimum absolute atomic E-state index is 0.00321. The number of benzene rings is 1. The monoisotopic (exact) mass is 314 g/mol. The Morgan fingerprint density at radius 1 is 1.29 bits per heavy atom. The molecule has 0 aliphatic heterocycles. The second-order valence-corrected chi connectivity index (χ2v) is 5.75. The van der Waals surface area contributed by atoms with Crippen molar-refractivity contribution in [3.8, 4) is 5.75 Å². The minimum atomic E-state index is -4.29. The lowest BCUT2D eigenvalue weighted by Crippen LogP contribution is -2.16. The Kier molecular flexibility index (Phi) is 4.49. The molecule has 2 N–H and O–H groups in total. The number of pyridine rings is 1. The number of sulfonamides is 1. The first-order valence-electron chi connectivity index (χ1n) is 5.91. The highest BCUT2D eigenvalue weighted by Crippen LogP contribution is 2.27. The number of rotatable bonds is 5. The number of halogens is 2. The van der Waals surface area contributed by atoms with E-state index in [1.807, 2.05) is 0 Å². The van der Waals surface area contributed by atoms with Gasteiger partial charge in [-0.25, -0.2) is 22.3 Å². The fourth-order valence-electron chi connectivity index (χ4n) is 1.71. The average Bonchev–Trinajstić information content (AvgIpc) is 2.41. The summed E-state index contributed by atoms with van der Waals surface area (Å²) >= 11 is 0. The first-order valence-corrected chi connectivity index (χ1v) is 7.46. The Hall–Kier alpha value is -2.06. The topological polar surface area (TPSA) is 82.3 Å². The molecule has 0 spiro atoms. The van der Waals surface area contributed by atoms with Crippen molar-refractivity contribution in [3.63, 3.8) is 0 Å². The van der Waals surface area contributed by atoms with Crippen LogP contribution >= 0.6 is 0 Å². The van der Waals surface area contributed by atoms with E-state index in [-0.39, 0.29) is 6.61 Å². The van der Waals surface area contributed by atoms with Gasteiger partial charge in [-0.3, -0.25) is 4.98 Å². The maximum atomic E-state index is 13.7. The molecule has 5 nitrogen and oxygen atoms in total. The van der Waals surface area contributed by atoms with E-state index in [0.717, 1.165) is 5.56 Å². The summed E-state index contributed by atoms with van der Waals surface area (Å²) in [6.07, 6.45) is 3.59. The number of primary sulfonamides is 1. The van der Waals surface area contributed by atoms with Crippen LogP contribution in [0.25, 0.3) is 0 Å². The second-order valence-electron chi connectivity index (χ2n) is 4.22. The fourth-order valence-corrected chi connectivity index (χ4v) is 2.40. The third-order valence-corrected chi connectivity index (χ3v) is 3.56. The van der Waals surface area contributed by atoms with Crippen LogP contribution in [0.1, 0.15) is 5.56 Å². The zero-order chi connectivity index (χ0) is 15.5. The highest BCUT2D eigenvalue weighted by Gasteiger charge is 2.21. The second kappa shape index (κ2) is 6.15. The largest absolute Gasteiger partial charge is 0.489 e. The average molecular weight is 314 g/mol. The zero-order valence-electron chi connectivity index (χ0n) is 10.8. The van der Waals surface area contributed by atoms with E-state index in [0.29, 0.717) is 18.6 Å². The molecule has 2 aromatic rings. The van der Waals surface area contributed by atoms with E-state index in [9.17, 15) is 17.2 Å². The third kappa shape index (κ3) is 3.96. The van der Waals surface area contributed by atoms with E-state index in [2.05, 4.69) is 4.98 Å². The molecule has 0 bridgehead atoms. The van der Waals surface area contributed by atoms with Gasteiger partial charge in [0.15, 0.2) is 11.6 Å². The van der Waals surface area contributed by atoms with Gasteiger partial charge in [0.25, 0.3) is 0 Å². The maximum absolute atomic E-state index is 13.7. The van der Waals surface area contributed by atoms with Crippen LogP contribution in [-0.2, 0) is 16.4 Å². The van der Waals surface area contributed by atoms with E-state index >= 15 is 0 Å². The Labute approximate surface area is 120 Å². The van der Waals surface area contributed by atoms with Crippen LogP contribution in [0.2, 0.25) is 0 Å². The highest BCUT2D eigenvalue weighted by atomic mass is 32.2. The van der Waals surface area contributed by atoms with Crippen LogP contribution in [-0.4, -0.2) is 20.0 Å². The van der Waals surface area contributed by atoms with Crippen molar-refractivity contribution >= 4 is 10.0 Å². The van der Waals surface area contributed by atoms with Crippen molar-refractivity contribution in [2.24, 2.45) is 5.14 Å². The predicted molar refractivity (Wildman–Crippen MR) is 71.2 cm³/mol. The fraction of sp³-hybridized carbons (Fsp3) is 0.154. The molecular formula is C13H12F2N2O3S. The molecule has 0 aliphatic rings. The summed E-state index contributed by atoms with van der Waals surface area (Å²) in [4.78, 5) is 3.18. The SMILES string of the molecule is NS(=O)(=O)c1cc(F)cc(F)c1OCCc1cccnc1. The van der Waals surface area contributed by atoms with Gasteiger partial charge < -0.3 is 4.74 Å². The molecule has 21 heavy (non-hydrogen) atoms. The molecule has 1 aromatic heterocycles. The van der Waals surface area contributed by atoms with E-state index < -0.39 is 32.3 Å². The van der Waals surface area contributed by atoms with Gasteiger partial charge in [0.2, 0.25) is 10.0 Å². The van der Waals surface area contributed by atoms with E-state index in [1.54, 1.807) is 24.5 Å². The highest BCUT2D eigenvalue weighted by molar-refractivity contribution is 7.89. The van der Waals surface area contributed by atoms with Crippen molar-refractivity contribution in [1.82, 2.24) is 4.98 Å². The van der Waals surface area contributed by atoms with Gasteiger partial charge >= 0.3 is 0 Å². The summed E-state index contributed by atoms with van der Waals surface area (Å²) in [5.41, 5.74) is 0.831. The molecule has 8 heteroatoms. The molecule has 0 radical (unpaired) electrons. The summed E-state index contributed by atoms with van der Waals surface area (Å²) in [5.74, 6) is -2.75. The molecule has 0 saturated heterocycles. The number of aromatic nitrogens is 1. The predicted octanol–water partition coefficient (Wildman–Crippen LogP) is 1.63. The van der Waals surface area contributed by atoms with Crippen LogP contribution in [0.4, 0.5) is 8.78 Å².